The summed E-state index contributed by atoms with van der Waals surface area (Å²) < 4.78 is 2.21. The van der Waals surface area contributed by atoms with E-state index < -0.39 is 0 Å². The largest absolute Gasteiger partial charge is 0.342 e. The van der Waals surface area contributed by atoms with Crippen molar-refractivity contribution in [1.29, 1.82) is 0 Å². The Morgan fingerprint density at radius 3 is 2.53 bits per heavy atom. The molecule has 1 amide bonds. The van der Waals surface area contributed by atoms with Crippen LogP contribution in [-0.2, 0) is 6.54 Å². The number of carbonyl (C=O) groups is 1. The van der Waals surface area contributed by atoms with Gasteiger partial charge in [0.15, 0.2) is 0 Å². The predicted octanol–water partition coefficient (Wildman–Crippen LogP) is 5.88. The van der Waals surface area contributed by atoms with E-state index >= 15 is 0 Å². The van der Waals surface area contributed by atoms with Gasteiger partial charge in [-0.3, -0.25) is 9.78 Å². The van der Waals surface area contributed by atoms with Gasteiger partial charge in [0.2, 0.25) is 0 Å². The van der Waals surface area contributed by atoms with Crippen LogP contribution in [0.15, 0.2) is 96.2 Å². The van der Waals surface area contributed by atoms with Crippen molar-refractivity contribution in [3.8, 4) is 0 Å². The number of fused-ring (bicyclic) bond motifs is 2. The Balaban J connectivity index is 1.28. The van der Waals surface area contributed by atoms with Crippen LogP contribution in [0.3, 0.4) is 0 Å². The Hall–Kier alpha value is -4.25. The maximum atomic E-state index is 13.1. The lowest BCUT2D eigenvalue weighted by Gasteiger charge is -2.08. The van der Waals surface area contributed by atoms with Crippen LogP contribution in [0.5, 0.6) is 0 Å². The fraction of sp³-hybridized carbons (Fsp3) is 0.138. The minimum atomic E-state index is -0.218. The number of hydrazone groups is 1. The highest BCUT2D eigenvalue weighted by atomic mass is 16.2. The Kier molecular flexibility index (Phi) is 5.15. The van der Waals surface area contributed by atoms with Crippen LogP contribution in [-0.4, -0.2) is 21.7 Å². The summed E-state index contributed by atoms with van der Waals surface area (Å²) in [4.78, 5) is 17.9. The number of amides is 1. The van der Waals surface area contributed by atoms with Gasteiger partial charge in [-0.1, -0.05) is 66.7 Å². The van der Waals surface area contributed by atoms with E-state index in [1.165, 1.54) is 5.56 Å². The first-order chi connectivity index (χ1) is 16.8. The van der Waals surface area contributed by atoms with Crippen molar-refractivity contribution in [2.45, 2.75) is 25.3 Å². The van der Waals surface area contributed by atoms with E-state index in [-0.39, 0.29) is 5.91 Å². The number of rotatable bonds is 6. The number of aromatic nitrogens is 2. The van der Waals surface area contributed by atoms with Crippen LogP contribution in [0, 0.1) is 0 Å². The lowest BCUT2D eigenvalue weighted by Crippen LogP contribution is -2.18. The first-order valence-corrected chi connectivity index (χ1v) is 11.6. The quantitative estimate of drug-likeness (QED) is 0.263. The average Bonchev–Trinajstić information content (AvgIpc) is 3.68. The molecule has 1 aliphatic rings. The zero-order valence-electron chi connectivity index (χ0n) is 18.7. The summed E-state index contributed by atoms with van der Waals surface area (Å²) in [6.07, 6.45) is 6.09. The number of nitrogens with zero attached hydrogens (tertiary/aromatic N) is 3. The van der Waals surface area contributed by atoms with Gasteiger partial charge < -0.3 is 4.57 Å². The first-order valence-electron chi connectivity index (χ1n) is 11.6. The SMILES string of the molecule is O=C(NN=Cc1cn(Cc2ccccc2)c2ccccc12)c1cc(C2CC2)nc2ccccc12. The molecule has 1 fully saturated rings. The van der Waals surface area contributed by atoms with Gasteiger partial charge in [-0.15, -0.1) is 0 Å². The molecule has 0 saturated heterocycles. The molecular weight excluding hydrogens is 420 g/mol. The zero-order valence-corrected chi connectivity index (χ0v) is 18.7. The Morgan fingerprint density at radius 2 is 1.71 bits per heavy atom. The maximum absolute atomic E-state index is 13.1. The van der Waals surface area contributed by atoms with Crippen molar-refractivity contribution in [2.24, 2.45) is 5.10 Å². The lowest BCUT2D eigenvalue weighted by molar-refractivity contribution is 0.0956. The highest BCUT2D eigenvalue weighted by Gasteiger charge is 2.26. The molecule has 34 heavy (non-hydrogen) atoms. The van der Waals surface area contributed by atoms with Gasteiger partial charge in [0.1, 0.15) is 0 Å². The van der Waals surface area contributed by atoms with E-state index in [9.17, 15) is 4.79 Å². The summed E-state index contributed by atoms with van der Waals surface area (Å²) in [6.45, 7) is 0.772. The number of hydrogen-bond donors (Lipinski definition) is 1. The van der Waals surface area contributed by atoms with Crippen molar-refractivity contribution < 1.29 is 4.79 Å². The van der Waals surface area contributed by atoms with Gasteiger partial charge in [-0.2, -0.15) is 5.10 Å². The minimum absolute atomic E-state index is 0.218. The summed E-state index contributed by atoms with van der Waals surface area (Å²) in [5.74, 6) is 0.250. The van der Waals surface area contributed by atoms with Gasteiger partial charge in [0.25, 0.3) is 5.91 Å². The van der Waals surface area contributed by atoms with Crippen LogP contribution in [0.25, 0.3) is 21.8 Å². The summed E-state index contributed by atoms with van der Waals surface area (Å²) in [5.41, 5.74) is 8.54. The molecule has 0 spiro atoms. The molecular formula is C29H24N4O. The molecule has 166 valence electrons. The number of para-hydroxylation sites is 2. The molecule has 2 heterocycles. The second kappa shape index (κ2) is 8.60. The Morgan fingerprint density at radius 1 is 0.971 bits per heavy atom. The second-order valence-corrected chi connectivity index (χ2v) is 8.80. The van der Waals surface area contributed by atoms with E-state index in [4.69, 9.17) is 4.98 Å². The molecule has 0 bridgehead atoms. The fourth-order valence-corrected chi connectivity index (χ4v) is 4.48. The maximum Gasteiger partial charge on any atom is 0.272 e. The lowest BCUT2D eigenvalue weighted by atomic mass is 10.1. The molecule has 0 radical (unpaired) electrons. The third-order valence-corrected chi connectivity index (χ3v) is 6.36. The van der Waals surface area contributed by atoms with Gasteiger partial charge in [-0.05, 0) is 36.6 Å². The highest BCUT2D eigenvalue weighted by Crippen LogP contribution is 2.40. The number of benzene rings is 3. The summed E-state index contributed by atoms with van der Waals surface area (Å²) >= 11 is 0. The van der Waals surface area contributed by atoms with E-state index in [1.807, 2.05) is 48.5 Å². The van der Waals surface area contributed by atoms with Crippen molar-refractivity contribution in [3.05, 3.63) is 114 Å². The number of pyridine rings is 1. The molecule has 5 heteroatoms. The van der Waals surface area contributed by atoms with Crippen LogP contribution in [0.4, 0.5) is 0 Å². The van der Waals surface area contributed by atoms with Crippen LogP contribution >= 0.6 is 0 Å². The molecule has 5 nitrogen and oxygen atoms in total. The summed E-state index contributed by atoms with van der Waals surface area (Å²) in [6, 6.07) is 28.3. The molecule has 5 aromatic rings. The average molecular weight is 445 g/mol. The Bertz CT molecular complexity index is 1530. The molecule has 1 aliphatic carbocycles. The monoisotopic (exact) mass is 444 g/mol. The molecule has 0 unspecified atom stereocenters. The summed E-state index contributed by atoms with van der Waals surface area (Å²) in [7, 11) is 0. The zero-order chi connectivity index (χ0) is 22.9. The van der Waals surface area contributed by atoms with Gasteiger partial charge in [-0.25, -0.2) is 5.43 Å². The van der Waals surface area contributed by atoms with Crippen LogP contribution in [0.2, 0.25) is 0 Å². The molecule has 2 aromatic heterocycles. The molecule has 1 N–H and O–H groups in total. The van der Waals surface area contributed by atoms with E-state index in [0.29, 0.717) is 11.5 Å². The third-order valence-electron chi connectivity index (χ3n) is 6.36. The summed E-state index contributed by atoms with van der Waals surface area (Å²) in [5, 5.41) is 6.27. The molecule has 0 aliphatic heterocycles. The van der Waals surface area contributed by atoms with Crippen LogP contribution in [0.1, 0.15) is 45.9 Å². The van der Waals surface area contributed by atoms with E-state index in [2.05, 4.69) is 57.7 Å². The normalized spacial score (nSPS) is 13.6. The predicted molar refractivity (Wildman–Crippen MR) is 136 cm³/mol. The number of hydrogen-bond acceptors (Lipinski definition) is 3. The van der Waals surface area contributed by atoms with Gasteiger partial charge >= 0.3 is 0 Å². The van der Waals surface area contributed by atoms with Crippen molar-refractivity contribution in [2.75, 3.05) is 0 Å². The molecule has 3 aromatic carbocycles. The minimum Gasteiger partial charge on any atom is -0.342 e. The van der Waals surface area contributed by atoms with Crippen molar-refractivity contribution in [3.63, 3.8) is 0 Å². The smallest absolute Gasteiger partial charge is 0.272 e. The third kappa shape index (κ3) is 3.97. The van der Waals surface area contributed by atoms with Crippen molar-refractivity contribution >= 4 is 33.9 Å². The second-order valence-electron chi connectivity index (χ2n) is 8.80. The van der Waals surface area contributed by atoms with Crippen molar-refractivity contribution in [1.82, 2.24) is 15.0 Å². The standard InChI is InChI=1S/C29H24N4O/c34-29(25-16-27(21-14-15-21)31-26-12-6-4-11-24(25)26)32-30-17-22-19-33(18-20-8-2-1-3-9-20)28-13-7-5-10-23(22)28/h1-13,16-17,19,21H,14-15,18H2,(H,32,34). The highest BCUT2D eigenvalue weighted by molar-refractivity contribution is 6.07. The number of carbonyl (C=O) groups excluding carboxylic acids is 1. The van der Waals surface area contributed by atoms with E-state index in [1.54, 1.807) is 6.21 Å². The topological polar surface area (TPSA) is 59.3 Å². The molecule has 6 rings (SSSR count). The van der Waals surface area contributed by atoms with Crippen LogP contribution < -0.4 is 5.43 Å². The Labute approximate surface area is 197 Å². The van der Waals surface area contributed by atoms with Gasteiger partial charge in [0.05, 0.1) is 17.3 Å². The molecule has 1 saturated carbocycles. The molecule has 0 atom stereocenters. The number of nitrogens with one attached hydrogen (secondary N) is 1. The van der Waals surface area contributed by atoms with Gasteiger partial charge in [0, 0.05) is 46.2 Å². The van der Waals surface area contributed by atoms with E-state index in [0.717, 1.165) is 52.4 Å². The fourth-order valence-electron chi connectivity index (χ4n) is 4.48. The first kappa shape index (κ1) is 20.4.